The van der Waals surface area contributed by atoms with Crippen LogP contribution < -0.4 is 5.11 Å². The molecule has 0 bridgehead atoms. The summed E-state index contributed by atoms with van der Waals surface area (Å²) in [7, 11) is 0. The molecule has 3 atom stereocenters. The lowest BCUT2D eigenvalue weighted by molar-refractivity contribution is -0.929. The molecule has 0 rings (SSSR count). The monoisotopic (exact) mass is 511 g/mol. The van der Waals surface area contributed by atoms with Gasteiger partial charge in [-0.3, -0.25) is 9.59 Å². The topological polar surface area (TPSA) is 115 Å². The molecule has 7 heteroatoms. The first-order valence-electron chi connectivity index (χ1n) is 14.2. The number of hydrogen-bond donors (Lipinski definition) is 2. The summed E-state index contributed by atoms with van der Waals surface area (Å²) in [5.74, 6) is -4.32. The van der Waals surface area contributed by atoms with E-state index in [1.165, 1.54) is 38.5 Å². The normalized spacial score (nSPS) is 15.9. The van der Waals surface area contributed by atoms with Gasteiger partial charge in [-0.15, -0.1) is 0 Å². The van der Waals surface area contributed by atoms with Gasteiger partial charge in [0.05, 0.1) is 38.0 Å². The predicted molar refractivity (Wildman–Crippen MR) is 142 cm³/mol. The lowest BCUT2D eigenvalue weighted by Crippen LogP contribution is -2.52. The van der Waals surface area contributed by atoms with E-state index in [1.807, 2.05) is 0 Å². The van der Waals surface area contributed by atoms with Crippen LogP contribution in [0.2, 0.25) is 0 Å². The van der Waals surface area contributed by atoms with E-state index >= 15 is 0 Å². The van der Waals surface area contributed by atoms with Gasteiger partial charge in [-0.2, -0.15) is 0 Å². The first-order chi connectivity index (χ1) is 17.0. The van der Waals surface area contributed by atoms with Gasteiger partial charge in [-0.1, -0.05) is 72.0 Å². The second-order valence-corrected chi connectivity index (χ2v) is 10.8. The molecule has 36 heavy (non-hydrogen) atoms. The zero-order chi connectivity index (χ0) is 27.4. The van der Waals surface area contributed by atoms with Gasteiger partial charge < -0.3 is 24.6 Å². The number of carbonyl (C=O) groups is 3. The van der Waals surface area contributed by atoms with Gasteiger partial charge in [0.25, 0.3) is 0 Å². The van der Waals surface area contributed by atoms with Crippen LogP contribution in [-0.4, -0.2) is 58.8 Å². The molecule has 0 heterocycles. The third-order valence-electron chi connectivity index (χ3n) is 7.51. The number of rotatable bonds is 24. The lowest BCUT2D eigenvalue weighted by Gasteiger charge is -2.41. The fraction of sp³-hybridized carbons (Fsp3) is 0.828. The number of hydrogen-bond acceptors (Lipinski definition) is 4. The van der Waals surface area contributed by atoms with Crippen molar-refractivity contribution in [2.24, 2.45) is 17.8 Å². The summed E-state index contributed by atoms with van der Waals surface area (Å²) < 4.78 is 0.581. The van der Waals surface area contributed by atoms with Crippen LogP contribution in [0.4, 0.5) is 0 Å². The van der Waals surface area contributed by atoms with Crippen LogP contribution in [0.15, 0.2) is 12.2 Å². The van der Waals surface area contributed by atoms with E-state index in [0.717, 1.165) is 32.2 Å². The van der Waals surface area contributed by atoms with E-state index in [9.17, 15) is 29.7 Å². The molecule has 0 aliphatic carbocycles. The highest BCUT2D eigenvalue weighted by Crippen LogP contribution is 2.21. The summed E-state index contributed by atoms with van der Waals surface area (Å²) >= 11 is 0. The molecule has 0 saturated heterocycles. The van der Waals surface area contributed by atoms with Gasteiger partial charge in [0, 0.05) is 31.1 Å². The van der Waals surface area contributed by atoms with Crippen LogP contribution in [0.3, 0.4) is 0 Å². The maximum Gasteiger partial charge on any atom is 0.306 e. The van der Waals surface area contributed by atoms with E-state index in [0.29, 0.717) is 43.4 Å². The van der Waals surface area contributed by atoms with Gasteiger partial charge in [0.1, 0.15) is 0 Å². The van der Waals surface area contributed by atoms with Crippen LogP contribution in [0, 0.1) is 17.8 Å². The van der Waals surface area contributed by atoms with Gasteiger partial charge in [0.2, 0.25) is 0 Å². The highest BCUT2D eigenvalue weighted by molar-refractivity contribution is 5.69. The van der Waals surface area contributed by atoms with Crippen molar-refractivity contribution in [1.82, 2.24) is 0 Å². The minimum atomic E-state index is -1.08. The maximum atomic E-state index is 11.4. The fourth-order valence-corrected chi connectivity index (χ4v) is 4.49. The van der Waals surface area contributed by atoms with Crippen molar-refractivity contribution >= 4 is 17.9 Å². The molecule has 0 aromatic carbocycles. The Balaban J connectivity index is 4.92. The van der Waals surface area contributed by atoms with Crippen LogP contribution in [-0.2, 0) is 14.4 Å². The third-order valence-corrected chi connectivity index (χ3v) is 7.51. The van der Waals surface area contributed by atoms with E-state index < -0.39 is 35.7 Å². The van der Waals surface area contributed by atoms with Crippen molar-refractivity contribution in [2.45, 2.75) is 111 Å². The lowest BCUT2D eigenvalue weighted by atomic mass is 10.0. The summed E-state index contributed by atoms with van der Waals surface area (Å²) in [6.45, 7) is 9.84. The van der Waals surface area contributed by atoms with Crippen molar-refractivity contribution in [2.75, 3.05) is 26.2 Å². The number of aliphatic carboxylic acids is 3. The summed E-state index contributed by atoms with van der Waals surface area (Å²) in [6.07, 6.45) is 17.6. The highest BCUT2D eigenvalue weighted by atomic mass is 16.4. The van der Waals surface area contributed by atoms with E-state index in [1.54, 1.807) is 20.8 Å². The molecule has 0 saturated carbocycles. The number of allylic oxidation sites excluding steroid dienone is 2. The number of unbranched alkanes of at least 4 members (excludes halogenated alkanes) is 8. The molecule has 0 radical (unpaired) electrons. The number of nitrogens with zero attached hydrogens (tertiary/aromatic N) is 1. The van der Waals surface area contributed by atoms with E-state index in [2.05, 4.69) is 19.1 Å². The maximum absolute atomic E-state index is 11.4. The molecular formula is C29H53NO6. The summed E-state index contributed by atoms with van der Waals surface area (Å²) in [4.78, 5) is 34.2. The molecule has 0 aromatic rings. The Kier molecular flexibility index (Phi) is 19.1. The van der Waals surface area contributed by atoms with E-state index in [-0.39, 0.29) is 0 Å². The van der Waals surface area contributed by atoms with Crippen molar-refractivity contribution in [3.63, 3.8) is 0 Å². The Bertz CT molecular complexity index is 588. The Labute approximate surface area is 219 Å². The van der Waals surface area contributed by atoms with Crippen molar-refractivity contribution < 1.29 is 34.2 Å². The fourth-order valence-electron chi connectivity index (χ4n) is 4.49. The summed E-state index contributed by atoms with van der Waals surface area (Å²) in [6, 6.07) is 0. The number of carboxylic acid groups (broad SMARTS) is 3. The number of quaternary nitrogens is 1. The molecule has 0 aromatic heterocycles. The smallest absolute Gasteiger partial charge is 0.306 e. The first-order valence-corrected chi connectivity index (χ1v) is 14.2. The third kappa shape index (κ3) is 16.7. The van der Waals surface area contributed by atoms with Gasteiger partial charge in [-0.05, 0) is 32.1 Å². The summed E-state index contributed by atoms with van der Waals surface area (Å²) in [5, 5.41) is 30.1. The SMILES string of the molecule is CC/C=C/CCCCCCCCCC[N+](CCC(C)C(=O)[O-])(CCC(C)C(=O)O)CCC(C)C(=O)O. The van der Waals surface area contributed by atoms with Gasteiger partial charge in [0.15, 0.2) is 0 Å². The number of carboxylic acids is 3. The Morgan fingerprint density at radius 3 is 1.50 bits per heavy atom. The zero-order valence-electron chi connectivity index (χ0n) is 23.4. The van der Waals surface area contributed by atoms with Crippen molar-refractivity contribution in [3.8, 4) is 0 Å². The molecule has 7 nitrogen and oxygen atoms in total. The second kappa shape index (κ2) is 20.2. The Morgan fingerprint density at radius 1 is 0.667 bits per heavy atom. The Hall–Kier alpha value is -1.89. The second-order valence-electron chi connectivity index (χ2n) is 10.8. The molecule has 0 amide bonds. The van der Waals surface area contributed by atoms with Gasteiger partial charge in [-0.25, -0.2) is 0 Å². The zero-order valence-corrected chi connectivity index (χ0v) is 23.4. The molecule has 0 fully saturated rings. The van der Waals surface area contributed by atoms with E-state index in [4.69, 9.17) is 0 Å². The largest absolute Gasteiger partial charge is 0.550 e. The molecule has 3 unspecified atom stereocenters. The van der Waals surface area contributed by atoms with Crippen LogP contribution >= 0.6 is 0 Å². The molecule has 2 N–H and O–H groups in total. The molecule has 210 valence electrons. The average Bonchev–Trinajstić information content (AvgIpc) is 2.84. The standard InChI is InChI=1S/C29H53NO6/c1-5-6-7-8-9-10-11-12-13-14-15-16-20-30(21-17-24(2)27(31)32,22-18-25(3)28(33)34)23-19-26(4)29(35)36/h6-7,24-26H,5,8-23H2,1-4H3,(H2-,31,32,33,34,35,36)/b7-6+. The molecular weight excluding hydrogens is 458 g/mol. The highest BCUT2D eigenvalue weighted by Gasteiger charge is 2.30. The molecule has 0 aliphatic heterocycles. The van der Waals surface area contributed by atoms with Gasteiger partial charge >= 0.3 is 11.9 Å². The molecule has 0 aliphatic rings. The average molecular weight is 512 g/mol. The van der Waals surface area contributed by atoms with Crippen molar-refractivity contribution in [3.05, 3.63) is 12.2 Å². The first kappa shape index (κ1) is 34.1. The minimum absolute atomic E-state index is 0.443. The van der Waals surface area contributed by atoms with Crippen molar-refractivity contribution in [1.29, 1.82) is 0 Å². The minimum Gasteiger partial charge on any atom is -0.550 e. The predicted octanol–water partition coefficient (Wildman–Crippen LogP) is 5.28. The quantitative estimate of drug-likeness (QED) is 0.104. The Morgan fingerprint density at radius 2 is 1.08 bits per heavy atom. The number of carbonyl (C=O) groups excluding carboxylic acids is 1. The summed E-state index contributed by atoms with van der Waals surface area (Å²) in [5.41, 5.74) is 0. The molecule has 0 spiro atoms. The van der Waals surface area contributed by atoms with Crippen LogP contribution in [0.5, 0.6) is 0 Å². The van der Waals surface area contributed by atoms with Crippen LogP contribution in [0.25, 0.3) is 0 Å². The van der Waals surface area contributed by atoms with Crippen LogP contribution in [0.1, 0.15) is 111 Å².